The Morgan fingerprint density at radius 2 is 1.88 bits per heavy atom. The van der Waals surface area contributed by atoms with Gasteiger partial charge < -0.3 is 15.2 Å². The first-order valence-corrected chi connectivity index (χ1v) is 14.4. The van der Waals surface area contributed by atoms with Gasteiger partial charge in [-0.1, -0.05) is 44.2 Å². The zero-order valence-corrected chi connectivity index (χ0v) is 23.3. The van der Waals surface area contributed by atoms with Crippen molar-refractivity contribution in [2.24, 2.45) is 0 Å². The lowest BCUT2D eigenvalue weighted by Gasteiger charge is -2.49. The van der Waals surface area contributed by atoms with Crippen molar-refractivity contribution in [2.45, 2.75) is 50.8 Å². The van der Waals surface area contributed by atoms with E-state index < -0.39 is 29.2 Å². The number of pyridine rings is 1. The number of β-lactam (4-membered cyclic amide) rings is 1. The summed E-state index contributed by atoms with van der Waals surface area (Å²) >= 11 is 1.47. The second-order valence-electron chi connectivity index (χ2n) is 10.0. The summed E-state index contributed by atoms with van der Waals surface area (Å²) in [6.07, 6.45) is 4.95. The van der Waals surface area contributed by atoms with Crippen LogP contribution in [0.1, 0.15) is 47.7 Å². The number of hydrogen-bond acceptors (Lipinski definition) is 5. The minimum atomic E-state index is -1.14. The van der Waals surface area contributed by atoms with Gasteiger partial charge in [-0.3, -0.25) is 14.5 Å². The molecule has 2 amide bonds. The molecule has 3 atom stereocenters. The quantitative estimate of drug-likeness (QED) is 0.287. The van der Waals surface area contributed by atoms with Crippen LogP contribution in [0.5, 0.6) is 5.75 Å². The summed E-state index contributed by atoms with van der Waals surface area (Å²) in [4.78, 5) is 39.6. The largest absolute Gasteiger partial charge is 0.489 e. The zero-order valence-electron chi connectivity index (χ0n) is 22.4. The molecule has 3 heterocycles. The molecule has 0 spiro atoms. The molecule has 0 saturated carbocycles. The maximum atomic E-state index is 13.1. The molecule has 206 valence electrons. The molecule has 9 heteroatoms. The molecular weight excluding hydrogens is 526 g/mol. The smallest absolute Gasteiger partial charge is 0.352 e. The fraction of sp³-hybridized carbons (Fsp3) is 0.290. The van der Waals surface area contributed by atoms with Crippen LogP contribution in [0.15, 0.2) is 90.4 Å². The number of aromatic nitrogens is 1. The van der Waals surface area contributed by atoms with Gasteiger partial charge in [-0.2, -0.15) is 0 Å². The molecule has 8 nitrogen and oxygen atoms in total. The number of nitrogens with zero attached hydrogens (tertiary/aromatic N) is 2. The summed E-state index contributed by atoms with van der Waals surface area (Å²) in [5.74, 6) is -0.464. The highest BCUT2D eigenvalue weighted by Gasteiger charge is 2.54. The lowest BCUT2D eigenvalue weighted by atomic mass is 10.0. The van der Waals surface area contributed by atoms with Crippen molar-refractivity contribution in [1.82, 2.24) is 10.2 Å². The van der Waals surface area contributed by atoms with Crippen LogP contribution in [-0.2, 0) is 22.7 Å². The Morgan fingerprint density at radius 1 is 1.12 bits per heavy atom. The van der Waals surface area contributed by atoms with Gasteiger partial charge in [0.25, 0.3) is 11.8 Å². The number of nitrogens with one attached hydrogen (secondary N) is 1. The molecule has 1 saturated heterocycles. The Bertz CT molecular complexity index is 1440. The highest BCUT2D eigenvalue weighted by molar-refractivity contribution is 8.00. The molecule has 2 aromatic carbocycles. The number of carbonyl (C=O) groups is 3. The average molecular weight is 559 g/mol. The Kier molecular flexibility index (Phi) is 8.21. The molecule has 3 aromatic rings. The van der Waals surface area contributed by atoms with Crippen LogP contribution in [0.3, 0.4) is 0 Å². The normalized spacial score (nSPS) is 18.9. The lowest BCUT2D eigenvalue weighted by molar-refractivity contribution is -0.689. The molecule has 1 fully saturated rings. The third-order valence-electron chi connectivity index (χ3n) is 7.34. The topological polar surface area (TPSA) is 99.8 Å². The summed E-state index contributed by atoms with van der Waals surface area (Å²) in [5.41, 5.74) is 3.30. The van der Waals surface area contributed by atoms with Crippen molar-refractivity contribution in [1.29, 1.82) is 0 Å². The fourth-order valence-electron chi connectivity index (χ4n) is 4.86. The number of carboxylic acids is 1. The highest BCUT2D eigenvalue weighted by Crippen LogP contribution is 2.40. The number of thioether (sulfide) groups is 1. The Hall–Kier alpha value is -4.11. The summed E-state index contributed by atoms with van der Waals surface area (Å²) in [7, 11) is 0. The van der Waals surface area contributed by atoms with Crippen LogP contribution >= 0.6 is 11.8 Å². The van der Waals surface area contributed by atoms with Crippen LogP contribution in [-0.4, -0.2) is 45.0 Å². The molecule has 2 unspecified atom stereocenters. The van der Waals surface area contributed by atoms with Crippen molar-refractivity contribution >= 4 is 29.5 Å². The molecule has 2 N–H and O–H groups in total. The number of carboxylic acid groups (broad SMARTS) is 1. The standard InChI is InChI=1S/C31H31N3O5S/c1-3-20(2)23-10-7-15-33(16-23)17-24-19-40-30-26(29(36)34(30)27(24)31(37)38)32-28(35)22-11-13-25(14-12-22)39-18-21-8-5-4-6-9-21/h4-16,20,26,30H,3,17-19H2,1-2H3,(H-,32,35,37,38)/p+1/t20?,26?,30-/m0/s1. The number of aliphatic carboxylic acids is 1. The van der Waals surface area contributed by atoms with Gasteiger partial charge in [0.15, 0.2) is 18.9 Å². The Balaban J connectivity index is 1.23. The predicted molar refractivity (Wildman–Crippen MR) is 152 cm³/mol. The Labute approximate surface area is 237 Å². The van der Waals surface area contributed by atoms with Crippen LogP contribution < -0.4 is 14.6 Å². The molecule has 0 radical (unpaired) electrons. The first-order valence-electron chi connectivity index (χ1n) is 13.3. The van der Waals surface area contributed by atoms with Gasteiger partial charge in [-0.05, 0) is 48.2 Å². The van der Waals surface area contributed by atoms with E-state index in [1.807, 2.05) is 53.4 Å². The maximum absolute atomic E-state index is 13.1. The minimum absolute atomic E-state index is 0.0145. The number of hydrogen-bond donors (Lipinski definition) is 2. The molecule has 0 bridgehead atoms. The van der Waals surface area contributed by atoms with Crippen LogP contribution in [0, 0.1) is 0 Å². The zero-order chi connectivity index (χ0) is 28.2. The van der Waals surface area contributed by atoms with Crippen LogP contribution in [0.25, 0.3) is 0 Å². The molecule has 40 heavy (non-hydrogen) atoms. The van der Waals surface area contributed by atoms with Crippen molar-refractivity contribution in [3.05, 3.63) is 107 Å². The van der Waals surface area contributed by atoms with Crippen LogP contribution in [0.4, 0.5) is 0 Å². The van der Waals surface area contributed by atoms with Crippen molar-refractivity contribution in [2.75, 3.05) is 5.75 Å². The number of benzene rings is 2. The van der Waals surface area contributed by atoms with E-state index in [9.17, 15) is 19.5 Å². The third kappa shape index (κ3) is 5.74. The SMILES string of the molecule is CCC(C)c1ccc[n+](CC2=C(C(=O)O)N3C(=O)C(NC(=O)c4ccc(OCc5ccccc5)cc4)[C@@H]3SC2)c1. The second kappa shape index (κ2) is 12.0. The highest BCUT2D eigenvalue weighted by atomic mass is 32.2. The molecule has 5 rings (SSSR count). The summed E-state index contributed by atoms with van der Waals surface area (Å²) in [6, 6.07) is 19.8. The number of amides is 2. The van der Waals surface area contributed by atoms with Gasteiger partial charge >= 0.3 is 5.97 Å². The van der Waals surface area contributed by atoms with E-state index in [0.717, 1.165) is 12.0 Å². The number of rotatable bonds is 10. The van der Waals surface area contributed by atoms with Gasteiger partial charge in [-0.25, -0.2) is 9.36 Å². The minimum Gasteiger partial charge on any atom is -0.489 e. The number of ether oxygens (including phenoxy) is 1. The first kappa shape index (κ1) is 27.5. The molecule has 1 aromatic heterocycles. The number of carbonyl (C=O) groups excluding carboxylic acids is 2. The summed E-state index contributed by atoms with van der Waals surface area (Å²) in [5, 5.41) is 12.4. The van der Waals surface area contributed by atoms with Crippen molar-refractivity contribution < 1.29 is 28.8 Å². The van der Waals surface area contributed by atoms with Crippen LogP contribution in [0.2, 0.25) is 0 Å². The molecule has 2 aliphatic rings. The summed E-state index contributed by atoms with van der Waals surface area (Å²) < 4.78 is 7.75. The second-order valence-corrected chi connectivity index (χ2v) is 11.1. The average Bonchev–Trinajstić information content (AvgIpc) is 2.98. The molecule has 0 aliphatic carbocycles. The lowest BCUT2D eigenvalue weighted by Crippen LogP contribution is -2.70. The van der Waals surface area contributed by atoms with Gasteiger partial charge in [0.2, 0.25) is 0 Å². The van der Waals surface area contributed by atoms with E-state index in [1.165, 1.54) is 22.2 Å². The first-order chi connectivity index (χ1) is 19.4. The number of fused-ring (bicyclic) bond motifs is 1. The van der Waals surface area contributed by atoms with E-state index in [-0.39, 0.29) is 5.70 Å². The van der Waals surface area contributed by atoms with E-state index in [4.69, 9.17) is 4.74 Å². The van der Waals surface area contributed by atoms with Crippen molar-refractivity contribution in [3.63, 3.8) is 0 Å². The predicted octanol–water partition coefficient (Wildman–Crippen LogP) is 4.12. The van der Waals surface area contributed by atoms with Gasteiger partial charge in [-0.15, -0.1) is 11.8 Å². The van der Waals surface area contributed by atoms with E-state index >= 15 is 0 Å². The van der Waals surface area contributed by atoms with E-state index in [1.54, 1.807) is 24.3 Å². The monoisotopic (exact) mass is 558 g/mol. The maximum Gasteiger partial charge on any atom is 0.352 e. The van der Waals surface area contributed by atoms with E-state index in [2.05, 4.69) is 25.2 Å². The van der Waals surface area contributed by atoms with Gasteiger partial charge in [0, 0.05) is 28.5 Å². The fourth-order valence-corrected chi connectivity index (χ4v) is 6.20. The molecular formula is C31H32N3O5S+. The Morgan fingerprint density at radius 3 is 2.58 bits per heavy atom. The van der Waals surface area contributed by atoms with Gasteiger partial charge in [0.05, 0.1) is 0 Å². The van der Waals surface area contributed by atoms with Crippen molar-refractivity contribution in [3.8, 4) is 5.75 Å². The van der Waals surface area contributed by atoms with E-state index in [0.29, 0.717) is 41.7 Å². The molecule has 2 aliphatic heterocycles. The van der Waals surface area contributed by atoms with Gasteiger partial charge in [0.1, 0.15) is 29.5 Å². The third-order valence-corrected chi connectivity index (χ3v) is 8.68. The summed E-state index contributed by atoms with van der Waals surface area (Å²) in [6.45, 7) is 5.09.